The lowest BCUT2D eigenvalue weighted by Gasteiger charge is -2.42. The van der Waals surface area contributed by atoms with Crippen molar-refractivity contribution in [2.45, 2.75) is 70.2 Å². The average Bonchev–Trinajstić information content (AvgIpc) is 3.04. The Morgan fingerprint density at radius 1 is 1.21 bits per heavy atom. The molecule has 0 aromatic heterocycles. The molecular formula is C21H28N2O5. The lowest BCUT2D eigenvalue weighted by Crippen LogP contribution is -2.61. The number of nitrogens with zero attached hydrogens (tertiary/aromatic N) is 1. The minimum absolute atomic E-state index is 0.0735. The first-order valence-corrected chi connectivity index (χ1v) is 9.74. The summed E-state index contributed by atoms with van der Waals surface area (Å²) >= 11 is 0. The van der Waals surface area contributed by atoms with Gasteiger partial charge in [0.2, 0.25) is 5.91 Å². The predicted octanol–water partition coefficient (Wildman–Crippen LogP) is 2.59. The molecule has 2 N–H and O–H groups in total. The smallest absolute Gasteiger partial charge is 0.408 e. The van der Waals surface area contributed by atoms with Crippen LogP contribution in [0.2, 0.25) is 0 Å². The number of carboxylic acids is 1. The van der Waals surface area contributed by atoms with Crippen molar-refractivity contribution >= 4 is 18.0 Å². The van der Waals surface area contributed by atoms with E-state index in [1.807, 2.05) is 30.3 Å². The Kier molecular flexibility index (Phi) is 5.63. The monoisotopic (exact) mass is 388 g/mol. The third-order valence-corrected chi connectivity index (χ3v) is 5.38. The van der Waals surface area contributed by atoms with E-state index in [0.717, 1.165) is 12.0 Å². The summed E-state index contributed by atoms with van der Waals surface area (Å²) in [5.74, 6) is -1.25. The Morgan fingerprint density at radius 2 is 1.89 bits per heavy atom. The Labute approximate surface area is 165 Å². The third kappa shape index (κ3) is 4.46. The van der Waals surface area contributed by atoms with E-state index in [0.29, 0.717) is 19.3 Å². The van der Waals surface area contributed by atoms with Gasteiger partial charge in [-0.1, -0.05) is 30.3 Å². The van der Waals surface area contributed by atoms with Crippen LogP contribution >= 0.6 is 0 Å². The molecule has 2 aliphatic rings. The number of amides is 2. The van der Waals surface area contributed by atoms with Gasteiger partial charge in [0, 0.05) is 6.04 Å². The fourth-order valence-electron chi connectivity index (χ4n) is 4.31. The lowest BCUT2D eigenvalue weighted by molar-refractivity contribution is -0.154. The Bertz CT molecular complexity index is 743. The number of nitrogens with one attached hydrogen (secondary N) is 1. The molecule has 2 aliphatic heterocycles. The number of carbonyl (C=O) groups is 3. The zero-order chi connectivity index (χ0) is 20.5. The molecule has 2 amide bonds. The molecule has 0 bridgehead atoms. The molecule has 2 unspecified atom stereocenters. The largest absolute Gasteiger partial charge is 0.480 e. The number of ether oxygens (including phenoxy) is 1. The summed E-state index contributed by atoms with van der Waals surface area (Å²) in [4.78, 5) is 38.4. The highest BCUT2D eigenvalue weighted by Crippen LogP contribution is 2.38. The van der Waals surface area contributed by atoms with E-state index in [-0.39, 0.29) is 17.9 Å². The SMILES string of the molecule is CC(C)(C)OC(=O)N[C@H]1CC(Cc2ccccc2)C2CC[C@@H](C(=O)O)N2C1=O. The second-order valence-corrected chi connectivity index (χ2v) is 8.63. The van der Waals surface area contributed by atoms with E-state index in [1.165, 1.54) is 4.90 Å². The number of rotatable bonds is 4. The van der Waals surface area contributed by atoms with Gasteiger partial charge in [-0.2, -0.15) is 0 Å². The minimum Gasteiger partial charge on any atom is -0.480 e. The summed E-state index contributed by atoms with van der Waals surface area (Å²) in [5, 5.41) is 12.2. The molecule has 3 rings (SSSR count). The van der Waals surface area contributed by atoms with Gasteiger partial charge in [0.15, 0.2) is 0 Å². The number of fused-ring (bicyclic) bond motifs is 1. The number of hydrogen-bond donors (Lipinski definition) is 2. The van der Waals surface area contributed by atoms with Crippen LogP contribution in [-0.4, -0.2) is 51.7 Å². The van der Waals surface area contributed by atoms with Crippen LogP contribution in [0, 0.1) is 5.92 Å². The van der Waals surface area contributed by atoms with Crippen LogP contribution in [0.1, 0.15) is 45.6 Å². The van der Waals surface area contributed by atoms with Crippen molar-refractivity contribution < 1.29 is 24.2 Å². The van der Waals surface area contributed by atoms with Crippen LogP contribution < -0.4 is 5.32 Å². The molecule has 1 aromatic carbocycles. The van der Waals surface area contributed by atoms with Gasteiger partial charge < -0.3 is 20.1 Å². The number of piperidine rings is 1. The number of benzene rings is 1. The highest BCUT2D eigenvalue weighted by atomic mass is 16.6. The van der Waals surface area contributed by atoms with E-state index < -0.39 is 29.7 Å². The Balaban J connectivity index is 1.81. The van der Waals surface area contributed by atoms with Crippen molar-refractivity contribution in [1.82, 2.24) is 10.2 Å². The molecule has 0 saturated carbocycles. The fraction of sp³-hybridized carbons (Fsp3) is 0.571. The molecule has 2 saturated heterocycles. The number of carbonyl (C=O) groups excluding carboxylic acids is 2. The van der Waals surface area contributed by atoms with Gasteiger partial charge in [-0.3, -0.25) is 4.79 Å². The van der Waals surface area contributed by atoms with Gasteiger partial charge >= 0.3 is 12.1 Å². The van der Waals surface area contributed by atoms with Crippen LogP contribution in [0.4, 0.5) is 4.79 Å². The predicted molar refractivity (Wildman–Crippen MR) is 103 cm³/mol. The molecule has 28 heavy (non-hydrogen) atoms. The topological polar surface area (TPSA) is 95.9 Å². The fourth-order valence-corrected chi connectivity index (χ4v) is 4.31. The number of hydrogen-bond acceptors (Lipinski definition) is 4. The van der Waals surface area contributed by atoms with Gasteiger partial charge in [0.25, 0.3) is 0 Å². The molecule has 1 aromatic rings. The van der Waals surface area contributed by atoms with Gasteiger partial charge in [-0.25, -0.2) is 9.59 Å². The summed E-state index contributed by atoms with van der Waals surface area (Å²) in [6.07, 6.45) is 1.65. The van der Waals surface area contributed by atoms with Crippen molar-refractivity contribution in [2.75, 3.05) is 0 Å². The maximum atomic E-state index is 13.0. The van der Waals surface area contributed by atoms with Crippen LogP contribution in [0.5, 0.6) is 0 Å². The summed E-state index contributed by atoms with van der Waals surface area (Å²) in [7, 11) is 0. The molecule has 2 fully saturated rings. The maximum Gasteiger partial charge on any atom is 0.408 e. The van der Waals surface area contributed by atoms with E-state index in [9.17, 15) is 19.5 Å². The summed E-state index contributed by atoms with van der Waals surface area (Å²) < 4.78 is 5.29. The van der Waals surface area contributed by atoms with Crippen molar-refractivity contribution in [3.63, 3.8) is 0 Å². The molecule has 4 atom stereocenters. The van der Waals surface area contributed by atoms with Gasteiger partial charge in [-0.15, -0.1) is 0 Å². The van der Waals surface area contributed by atoms with E-state index in [4.69, 9.17) is 4.74 Å². The van der Waals surface area contributed by atoms with Crippen LogP contribution in [-0.2, 0) is 20.7 Å². The van der Waals surface area contributed by atoms with Crippen molar-refractivity contribution in [1.29, 1.82) is 0 Å². The highest BCUT2D eigenvalue weighted by molar-refractivity contribution is 5.91. The number of alkyl carbamates (subject to hydrolysis) is 1. The molecule has 7 nitrogen and oxygen atoms in total. The van der Waals surface area contributed by atoms with Crippen molar-refractivity contribution in [3.8, 4) is 0 Å². The zero-order valence-electron chi connectivity index (χ0n) is 16.6. The van der Waals surface area contributed by atoms with Crippen LogP contribution in [0.3, 0.4) is 0 Å². The molecule has 152 valence electrons. The first kappa shape index (κ1) is 20.2. The highest BCUT2D eigenvalue weighted by Gasteiger charge is 2.50. The third-order valence-electron chi connectivity index (χ3n) is 5.38. The van der Waals surface area contributed by atoms with E-state index >= 15 is 0 Å². The first-order valence-electron chi connectivity index (χ1n) is 9.74. The zero-order valence-corrected chi connectivity index (χ0v) is 16.6. The summed E-state index contributed by atoms with van der Waals surface area (Å²) in [6.45, 7) is 5.26. The van der Waals surface area contributed by atoms with E-state index in [2.05, 4.69) is 5.32 Å². The normalized spacial score (nSPS) is 27.2. The molecule has 0 aliphatic carbocycles. The standard InChI is InChI=1S/C21H28N2O5/c1-21(2,3)28-20(27)22-15-12-14(11-13-7-5-4-6-8-13)16-9-10-17(19(25)26)23(16)18(15)24/h4-8,14-17H,9-12H2,1-3H3,(H,22,27)(H,25,26)/t14?,15-,16?,17-/m0/s1. The molecule has 0 spiro atoms. The Hall–Kier alpha value is -2.57. The second-order valence-electron chi connectivity index (χ2n) is 8.63. The lowest BCUT2D eigenvalue weighted by atomic mass is 9.82. The van der Waals surface area contributed by atoms with Gasteiger partial charge in [-0.05, 0) is 57.9 Å². The summed E-state index contributed by atoms with van der Waals surface area (Å²) in [5.41, 5.74) is 0.460. The van der Waals surface area contributed by atoms with Crippen LogP contribution in [0.25, 0.3) is 0 Å². The molecular weight excluding hydrogens is 360 g/mol. The van der Waals surface area contributed by atoms with Gasteiger partial charge in [0.05, 0.1) is 0 Å². The average molecular weight is 388 g/mol. The molecule has 0 radical (unpaired) electrons. The minimum atomic E-state index is -0.993. The Morgan fingerprint density at radius 3 is 2.50 bits per heavy atom. The second kappa shape index (κ2) is 7.81. The maximum absolute atomic E-state index is 13.0. The van der Waals surface area contributed by atoms with Gasteiger partial charge in [0.1, 0.15) is 17.7 Å². The summed E-state index contributed by atoms with van der Waals surface area (Å²) in [6, 6.07) is 8.20. The molecule has 7 heteroatoms. The van der Waals surface area contributed by atoms with Crippen LogP contribution in [0.15, 0.2) is 30.3 Å². The molecule has 2 heterocycles. The number of aliphatic carboxylic acids is 1. The van der Waals surface area contributed by atoms with Crippen molar-refractivity contribution in [2.24, 2.45) is 5.92 Å². The quantitative estimate of drug-likeness (QED) is 0.827. The first-order chi connectivity index (χ1) is 13.2. The number of carboxylic acid groups (broad SMARTS) is 1. The van der Waals surface area contributed by atoms with E-state index in [1.54, 1.807) is 20.8 Å². The van der Waals surface area contributed by atoms with Crippen molar-refractivity contribution in [3.05, 3.63) is 35.9 Å².